The quantitative estimate of drug-likeness (QED) is 0.434. The predicted molar refractivity (Wildman–Crippen MR) is 30.9 cm³/mol. The van der Waals surface area contributed by atoms with Crippen molar-refractivity contribution in [2.45, 2.75) is 0 Å². The van der Waals surface area contributed by atoms with Crippen molar-refractivity contribution in [1.82, 2.24) is 14.5 Å². The molecule has 6 heteroatoms. The van der Waals surface area contributed by atoms with Gasteiger partial charge in [-0.1, -0.05) is 4.73 Å². The Morgan fingerprint density at radius 2 is 2.20 bits per heavy atom. The van der Waals surface area contributed by atoms with Crippen LogP contribution in [0.1, 0.15) is 0 Å². The van der Waals surface area contributed by atoms with E-state index >= 15 is 0 Å². The van der Waals surface area contributed by atoms with Crippen LogP contribution >= 0.6 is 0 Å². The SMILES string of the molecule is Cn1ncc(=O)n(O)c1=O. The van der Waals surface area contributed by atoms with Crippen molar-refractivity contribution >= 4 is 0 Å². The largest absolute Gasteiger partial charge is 0.421 e. The standard InChI is InChI=1S/C4H5N3O3/c1-6-4(9)7(10)3(8)2-5-6/h2,10H,1H3. The van der Waals surface area contributed by atoms with Gasteiger partial charge < -0.3 is 5.21 Å². The number of rotatable bonds is 0. The molecule has 1 aromatic rings. The topological polar surface area (TPSA) is 77.1 Å². The second kappa shape index (κ2) is 1.98. The molecule has 1 N–H and O–H groups in total. The van der Waals surface area contributed by atoms with Gasteiger partial charge in [-0.25, -0.2) is 9.48 Å². The van der Waals surface area contributed by atoms with Crippen LogP contribution in [0.3, 0.4) is 0 Å². The summed E-state index contributed by atoms with van der Waals surface area (Å²) in [5.74, 6) is 0. The Bertz CT molecular complexity index is 350. The Hall–Kier alpha value is -1.59. The monoisotopic (exact) mass is 143 g/mol. The molecule has 0 bridgehead atoms. The summed E-state index contributed by atoms with van der Waals surface area (Å²) in [7, 11) is 1.33. The highest BCUT2D eigenvalue weighted by Gasteiger charge is 1.98. The third-order valence-corrected chi connectivity index (χ3v) is 1.01. The van der Waals surface area contributed by atoms with Crippen LogP contribution in [-0.2, 0) is 7.05 Å². The Balaban J connectivity index is 3.66. The molecule has 0 aliphatic heterocycles. The summed E-state index contributed by atoms with van der Waals surface area (Å²) in [5.41, 5.74) is -1.68. The van der Waals surface area contributed by atoms with E-state index in [1.54, 1.807) is 0 Å². The van der Waals surface area contributed by atoms with E-state index in [1.165, 1.54) is 7.05 Å². The molecule has 1 aromatic heterocycles. The Morgan fingerprint density at radius 1 is 1.60 bits per heavy atom. The summed E-state index contributed by atoms with van der Waals surface area (Å²) in [5, 5.41) is 12.0. The molecule has 0 saturated carbocycles. The summed E-state index contributed by atoms with van der Waals surface area (Å²) < 4.78 is 0.842. The van der Waals surface area contributed by atoms with Crippen LogP contribution < -0.4 is 11.2 Å². The van der Waals surface area contributed by atoms with E-state index in [0.29, 0.717) is 0 Å². The molecule has 0 unspecified atom stereocenters. The van der Waals surface area contributed by atoms with Crippen molar-refractivity contribution in [3.63, 3.8) is 0 Å². The van der Waals surface area contributed by atoms with Crippen LogP contribution in [0, 0.1) is 0 Å². The van der Waals surface area contributed by atoms with E-state index in [0.717, 1.165) is 10.9 Å². The molecule has 0 radical (unpaired) electrons. The molecule has 6 nitrogen and oxygen atoms in total. The second-order valence-corrected chi connectivity index (χ2v) is 1.70. The second-order valence-electron chi connectivity index (χ2n) is 1.70. The van der Waals surface area contributed by atoms with Crippen LogP contribution in [-0.4, -0.2) is 19.7 Å². The smallest absolute Gasteiger partial charge is 0.380 e. The molecule has 0 saturated heterocycles. The molecular weight excluding hydrogens is 138 g/mol. The maximum Gasteiger partial charge on any atom is 0.380 e. The fraction of sp³-hybridized carbons (Fsp3) is 0.250. The molecule has 0 amide bonds. The maximum absolute atomic E-state index is 10.6. The first-order chi connectivity index (χ1) is 4.63. The third-order valence-electron chi connectivity index (χ3n) is 1.01. The van der Waals surface area contributed by atoms with Gasteiger partial charge >= 0.3 is 11.2 Å². The molecule has 1 rings (SSSR count). The van der Waals surface area contributed by atoms with Gasteiger partial charge in [-0.15, -0.1) is 0 Å². The van der Waals surface area contributed by atoms with Gasteiger partial charge in [-0.05, 0) is 0 Å². The minimum absolute atomic E-state index is 0.00694. The Morgan fingerprint density at radius 3 is 2.70 bits per heavy atom. The molecule has 0 aliphatic carbocycles. The van der Waals surface area contributed by atoms with Crippen LogP contribution in [0.25, 0.3) is 0 Å². The fourth-order valence-electron chi connectivity index (χ4n) is 0.471. The highest BCUT2D eigenvalue weighted by atomic mass is 16.5. The van der Waals surface area contributed by atoms with Gasteiger partial charge in [0.1, 0.15) is 6.20 Å². The highest BCUT2D eigenvalue weighted by molar-refractivity contribution is 4.69. The van der Waals surface area contributed by atoms with Crippen molar-refractivity contribution in [3.8, 4) is 0 Å². The number of hydrogen-bond acceptors (Lipinski definition) is 4. The Labute approximate surface area is 54.9 Å². The lowest BCUT2D eigenvalue weighted by Crippen LogP contribution is -2.38. The van der Waals surface area contributed by atoms with Crippen LogP contribution in [0.5, 0.6) is 0 Å². The molecule has 0 fully saturated rings. The molecule has 0 atom stereocenters. The number of hydrogen-bond donors (Lipinski definition) is 1. The molecule has 0 aliphatic rings. The minimum atomic E-state index is -0.854. The number of aromatic nitrogens is 3. The Kier molecular flexibility index (Phi) is 1.29. The molecule has 0 aromatic carbocycles. The van der Waals surface area contributed by atoms with E-state index in [1.807, 2.05) is 0 Å². The normalized spacial score (nSPS) is 9.70. The zero-order valence-electron chi connectivity index (χ0n) is 5.18. The van der Waals surface area contributed by atoms with Crippen molar-refractivity contribution in [2.75, 3.05) is 0 Å². The van der Waals surface area contributed by atoms with Gasteiger partial charge in [-0.2, -0.15) is 5.10 Å². The molecular formula is C4H5N3O3. The summed E-state index contributed by atoms with van der Waals surface area (Å²) >= 11 is 0. The van der Waals surface area contributed by atoms with Crippen LogP contribution in [0.15, 0.2) is 15.8 Å². The van der Waals surface area contributed by atoms with E-state index < -0.39 is 11.2 Å². The number of aryl methyl sites for hydroxylation is 1. The zero-order valence-corrected chi connectivity index (χ0v) is 5.18. The molecule has 0 spiro atoms. The third kappa shape index (κ3) is 0.790. The van der Waals surface area contributed by atoms with Gasteiger partial charge in [0.05, 0.1) is 0 Å². The maximum atomic E-state index is 10.6. The van der Waals surface area contributed by atoms with Gasteiger partial charge in [0.25, 0.3) is 0 Å². The lowest BCUT2D eigenvalue weighted by atomic mass is 10.8. The summed E-state index contributed by atoms with van der Waals surface area (Å²) in [6.07, 6.45) is 0.849. The van der Waals surface area contributed by atoms with E-state index in [4.69, 9.17) is 5.21 Å². The van der Waals surface area contributed by atoms with Crippen molar-refractivity contribution in [1.29, 1.82) is 0 Å². The van der Waals surface area contributed by atoms with Gasteiger partial charge in [0, 0.05) is 7.05 Å². The molecule has 1 heterocycles. The first-order valence-corrected chi connectivity index (χ1v) is 2.47. The molecule has 54 valence electrons. The lowest BCUT2D eigenvalue weighted by Gasteiger charge is -1.94. The summed E-state index contributed by atoms with van der Waals surface area (Å²) in [6.45, 7) is 0. The summed E-state index contributed by atoms with van der Waals surface area (Å²) in [4.78, 5) is 21.0. The fourth-order valence-corrected chi connectivity index (χ4v) is 0.471. The van der Waals surface area contributed by atoms with E-state index in [-0.39, 0.29) is 4.73 Å². The average Bonchev–Trinajstić information content (AvgIpc) is 1.93. The first kappa shape index (κ1) is 6.53. The average molecular weight is 143 g/mol. The van der Waals surface area contributed by atoms with Gasteiger partial charge in [0.15, 0.2) is 0 Å². The zero-order chi connectivity index (χ0) is 7.72. The molecule has 10 heavy (non-hydrogen) atoms. The van der Waals surface area contributed by atoms with Crippen LogP contribution in [0.4, 0.5) is 0 Å². The van der Waals surface area contributed by atoms with E-state index in [9.17, 15) is 9.59 Å². The van der Waals surface area contributed by atoms with Crippen LogP contribution in [0.2, 0.25) is 0 Å². The van der Waals surface area contributed by atoms with Gasteiger partial charge in [-0.3, -0.25) is 4.79 Å². The number of nitrogens with zero attached hydrogens (tertiary/aromatic N) is 3. The minimum Gasteiger partial charge on any atom is -0.421 e. The van der Waals surface area contributed by atoms with Gasteiger partial charge in [0.2, 0.25) is 0 Å². The van der Waals surface area contributed by atoms with Crippen molar-refractivity contribution in [3.05, 3.63) is 27.0 Å². The van der Waals surface area contributed by atoms with Crippen molar-refractivity contribution in [2.24, 2.45) is 7.05 Å². The highest BCUT2D eigenvalue weighted by Crippen LogP contribution is 1.57. The lowest BCUT2D eigenvalue weighted by molar-refractivity contribution is 0.152. The van der Waals surface area contributed by atoms with E-state index in [2.05, 4.69) is 5.10 Å². The predicted octanol–water partition coefficient (Wildman–Crippen LogP) is -1.82. The first-order valence-electron chi connectivity index (χ1n) is 2.47. The van der Waals surface area contributed by atoms with Crippen molar-refractivity contribution < 1.29 is 5.21 Å². The summed E-state index contributed by atoms with van der Waals surface area (Å²) in [6, 6.07) is 0.